The average molecular weight is 497 g/mol. The summed E-state index contributed by atoms with van der Waals surface area (Å²) >= 11 is 0. The van der Waals surface area contributed by atoms with Crippen molar-refractivity contribution in [3.63, 3.8) is 0 Å². The quantitative estimate of drug-likeness (QED) is 0.562. The molecule has 5 rings (SSSR count). The predicted molar refractivity (Wildman–Crippen MR) is 142 cm³/mol. The van der Waals surface area contributed by atoms with Crippen molar-refractivity contribution in [1.29, 1.82) is 0 Å². The highest BCUT2D eigenvalue weighted by molar-refractivity contribution is 6.02. The van der Waals surface area contributed by atoms with E-state index in [9.17, 15) is 9.59 Å². The second-order valence-corrected chi connectivity index (χ2v) is 11.5. The van der Waals surface area contributed by atoms with Gasteiger partial charge in [0, 0.05) is 37.3 Å². The largest absolute Gasteiger partial charge is 0.463 e. The van der Waals surface area contributed by atoms with Gasteiger partial charge >= 0.3 is 0 Å². The second-order valence-electron chi connectivity index (χ2n) is 11.5. The Hall–Kier alpha value is -2.28. The first-order chi connectivity index (χ1) is 17.5. The minimum atomic E-state index is -0.929. The molecule has 0 unspecified atom stereocenters. The predicted octanol–water partition coefficient (Wildman–Crippen LogP) is 5.33. The second kappa shape index (κ2) is 11.0. The highest BCUT2D eigenvalue weighted by Crippen LogP contribution is 2.33. The molecule has 0 aromatic carbocycles. The van der Waals surface area contributed by atoms with Gasteiger partial charge in [-0.1, -0.05) is 45.4 Å². The zero-order valence-corrected chi connectivity index (χ0v) is 22.3. The Morgan fingerprint density at radius 1 is 1.08 bits per heavy atom. The van der Waals surface area contributed by atoms with E-state index >= 15 is 0 Å². The summed E-state index contributed by atoms with van der Waals surface area (Å²) in [5, 5.41) is 3.39. The number of nitrogens with zero attached hydrogens (tertiary/aromatic N) is 3. The lowest BCUT2D eigenvalue weighted by atomic mass is 9.92. The molecule has 2 atom stereocenters. The standard InChI is InChI=1S/C29H44N4O3/c1-3-23-14-9-10-16-31(23)17-11-18-33-27(34)25-20-26-24(15-19-36-26)32(25)21-29(33,2)28(35)30-22-12-7-5-4-6-8-13-22/h15,19-20,22-23H,3-14,16-18,21H2,1-2H3,(H,30,35)/t23-,29+/m0/s1. The van der Waals surface area contributed by atoms with Gasteiger partial charge in [-0.25, -0.2) is 0 Å². The summed E-state index contributed by atoms with van der Waals surface area (Å²) in [5.74, 6) is -0.0736. The molecule has 2 aromatic rings. The number of piperidine rings is 1. The molecule has 0 bridgehead atoms. The zero-order valence-electron chi connectivity index (χ0n) is 22.3. The molecule has 4 heterocycles. The highest BCUT2D eigenvalue weighted by Gasteiger charge is 2.48. The van der Waals surface area contributed by atoms with E-state index in [1.54, 1.807) is 6.26 Å². The Morgan fingerprint density at radius 2 is 1.83 bits per heavy atom. The van der Waals surface area contributed by atoms with Crippen molar-refractivity contribution < 1.29 is 14.0 Å². The number of likely N-dealkylation sites (tertiary alicyclic amines) is 1. The smallest absolute Gasteiger partial charge is 0.271 e. The summed E-state index contributed by atoms with van der Waals surface area (Å²) in [5.41, 5.74) is 1.30. The first-order valence-electron chi connectivity index (χ1n) is 14.4. The van der Waals surface area contributed by atoms with Crippen LogP contribution in [0.15, 0.2) is 22.8 Å². The summed E-state index contributed by atoms with van der Waals surface area (Å²) in [6.45, 7) is 7.41. The van der Waals surface area contributed by atoms with E-state index in [0.717, 1.165) is 50.7 Å². The maximum Gasteiger partial charge on any atom is 0.271 e. The maximum atomic E-state index is 14.0. The van der Waals surface area contributed by atoms with Crippen LogP contribution in [0.4, 0.5) is 0 Å². The molecule has 3 aliphatic rings. The van der Waals surface area contributed by atoms with Crippen molar-refractivity contribution in [3.05, 3.63) is 24.1 Å². The summed E-state index contributed by atoms with van der Waals surface area (Å²) in [7, 11) is 0. The Balaban J connectivity index is 1.36. The first kappa shape index (κ1) is 25.4. The molecule has 2 amide bonds. The lowest BCUT2D eigenvalue weighted by molar-refractivity contribution is -0.133. The van der Waals surface area contributed by atoms with Gasteiger partial charge in [-0.3, -0.25) is 9.59 Å². The SMILES string of the molecule is CC[C@H]1CCCCN1CCCN1C(=O)c2cc3occc3n2C[C@]1(C)C(=O)NC1CCCCCCC1. The number of hydrogen-bond donors (Lipinski definition) is 1. The number of furan rings is 1. The van der Waals surface area contributed by atoms with Crippen molar-refractivity contribution in [2.24, 2.45) is 0 Å². The number of rotatable bonds is 7. The summed E-state index contributed by atoms with van der Waals surface area (Å²) < 4.78 is 7.61. The van der Waals surface area contributed by atoms with Crippen LogP contribution in [-0.2, 0) is 11.3 Å². The number of hydrogen-bond acceptors (Lipinski definition) is 4. The maximum absolute atomic E-state index is 14.0. The number of carbonyl (C=O) groups excluding carboxylic acids is 2. The molecule has 198 valence electrons. The fourth-order valence-electron chi connectivity index (χ4n) is 6.81. The third-order valence-electron chi connectivity index (χ3n) is 9.03. The van der Waals surface area contributed by atoms with Crippen LogP contribution >= 0.6 is 0 Å². The van der Waals surface area contributed by atoms with Crippen molar-refractivity contribution in [2.45, 2.75) is 115 Å². The van der Waals surface area contributed by atoms with E-state index in [2.05, 4.69) is 17.1 Å². The molecule has 1 aliphatic carbocycles. The molecule has 1 saturated heterocycles. The Labute approximate surface area is 215 Å². The molecule has 2 aliphatic heterocycles. The Kier molecular flexibility index (Phi) is 7.75. The normalized spacial score (nSPS) is 26.6. The number of aromatic nitrogens is 1. The van der Waals surface area contributed by atoms with Gasteiger partial charge in [0.15, 0.2) is 5.58 Å². The van der Waals surface area contributed by atoms with Crippen molar-refractivity contribution >= 4 is 22.9 Å². The van der Waals surface area contributed by atoms with Gasteiger partial charge in [0.05, 0.1) is 18.3 Å². The van der Waals surface area contributed by atoms with Gasteiger partial charge in [-0.2, -0.15) is 0 Å². The fourth-order valence-corrected chi connectivity index (χ4v) is 6.81. The molecule has 36 heavy (non-hydrogen) atoms. The van der Waals surface area contributed by atoms with Gasteiger partial charge < -0.3 is 24.1 Å². The number of carbonyl (C=O) groups is 2. The molecular formula is C29H44N4O3. The van der Waals surface area contributed by atoms with Crippen molar-refractivity contribution in [2.75, 3.05) is 19.6 Å². The Bertz CT molecular complexity index is 1050. The lowest BCUT2D eigenvalue weighted by Crippen LogP contribution is -2.65. The average Bonchev–Trinajstić information content (AvgIpc) is 3.45. The topological polar surface area (TPSA) is 70.7 Å². The van der Waals surface area contributed by atoms with Crippen LogP contribution in [0.3, 0.4) is 0 Å². The van der Waals surface area contributed by atoms with Gasteiger partial charge in [0.25, 0.3) is 5.91 Å². The van der Waals surface area contributed by atoms with Gasteiger partial charge in [0.2, 0.25) is 5.91 Å². The van der Waals surface area contributed by atoms with Gasteiger partial charge in [-0.15, -0.1) is 0 Å². The molecule has 1 saturated carbocycles. The van der Waals surface area contributed by atoms with Crippen LogP contribution in [0.25, 0.3) is 11.1 Å². The molecule has 1 N–H and O–H groups in total. The van der Waals surface area contributed by atoms with Crippen LogP contribution < -0.4 is 5.32 Å². The molecular weight excluding hydrogens is 452 g/mol. The highest BCUT2D eigenvalue weighted by atomic mass is 16.3. The van der Waals surface area contributed by atoms with Gasteiger partial charge in [0.1, 0.15) is 11.2 Å². The monoisotopic (exact) mass is 496 g/mol. The van der Waals surface area contributed by atoms with E-state index in [0.29, 0.717) is 30.4 Å². The third kappa shape index (κ3) is 4.96. The van der Waals surface area contributed by atoms with Crippen LogP contribution in [0.5, 0.6) is 0 Å². The van der Waals surface area contributed by atoms with Crippen LogP contribution in [0, 0.1) is 0 Å². The molecule has 7 nitrogen and oxygen atoms in total. The van der Waals surface area contributed by atoms with E-state index in [4.69, 9.17) is 4.42 Å². The number of nitrogens with one attached hydrogen (secondary N) is 1. The zero-order chi connectivity index (χ0) is 25.1. The molecule has 2 fully saturated rings. The fraction of sp³-hybridized carbons (Fsp3) is 0.724. The minimum absolute atomic E-state index is 0.0122. The van der Waals surface area contributed by atoms with E-state index in [1.165, 1.54) is 44.9 Å². The Morgan fingerprint density at radius 3 is 2.61 bits per heavy atom. The van der Waals surface area contributed by atoms with Crippen molar-refractivity contribution in [1.82, 2.24) is 19.7 Å². The van der Waals surface area contributed by atoms with Gasteiger partial charge in [-0.05, 0) is 52.0 Å². The van der Waals surface area contributed by atoms with E-state index in [-0.39, 0.29) is 17.9 Å². The summed E-state index contributed by atoms with van der Waals surface area (Å²) in [6.07, 6.45) is 15.7. The molecule has 0 radical (unpaired) electrons. The van der Waals surface area contributed by atoms with E-state index < -0.39 is 5.54 Å². The molecule has 0 spiro atoms. The first-order valence-corrected chi connectivity index (χ1v) is 14.4. The minimum Gasteiger partial charge on any atom is -0.463 e. The summed E-state index contributed by atoms with van der Waals surface area (Å²) in [6, 6.07) is 4.59. The number of amides is 2. The lowest BCUT2D eigenvalue weighted by Gasteiger charge is -2.45. The molecule has 2 aromatic heterocycles. The third-order valence-corrected chi connectivity index (χ3v) is 9.03. The van der Waals surface area contributed by atoms with Crippen molar-refractivity contribution in [3.8, 4) is 0 Å². The van der Waals surface area contributed by atoms with Crippen LogP contribution in [-0.4, -0.2) is 63.4 Å². The molecule has 7 heteroatoms. The van der Waals surface area contributed by atoms with Crippen LogP contribution in [0.2, 0.25) is 0 Å². The number of fused-ring (bicyclic) bond motifs is 3. The van der Waals surface area contributed by atoms with E-state index in [1.807, 2.05) is 28.5 Å². The summed E-state index contributed by atoms with van der Waals surface area (Å²) in [4.78, 5) is 32.3. The van der Waals surface area contributed by atoms with Crippen LogP contribution in [0.1, 0.15) is 101 Å².